The highest BCUT2D eigenvalue weighted by Crippen LogP contribution is 2.07. The Balaban J connectivity index is 3.02. The van der Waals surface area contributed by atoms with Crippen molar-refractivity contribution in [2.45, 2.75) is 31.7 Å². The second-order valence-corrected chi connectivity index (χ2v) is 9.68. The highest BCUT2D eigenvalue weighted by Gasteiger charge is 2.22. The van der Waals surface area contributed by atoms with Crippen LogP contribution in [0, 0.1) is 0 Å². The van der Waals surface area contributed by atoms with Crippen LogP contribution in [0.25, 0.3) is 0 Å². The Hall–Kier alpha value is -0.400. The Bertz CT molecular complexity index is 475. The molecule has 0 aliphatic carbocycles. The lowest BCUT2D eigenvalue weighted by molar-refractivity contribution is -0.0135. The van der Waals surface area contributed by atoms with Gasteiger partial charge in [0.1, 0.15) is 0 Å². The molecule has 36 heavy (non-hydrogen) atoms. The molecule has 216 valence electrons. The Morgan fingerprint density at radius 3 is 0.972 bits per heavy atom. The molecule has 10 heteroatoms. The summed E-state index contributed by atoms with van der Waals surface area (Å²) < 4.78 is 33.3. The first-order valence-corrected chi connectivity index (χ1v) is 13.5. The van der Waals surface area contributed by atoms with Crippen molar-refractivity contribution in [1.82, 2.24) is 19.6 Å². The third-order valence-electron chi connectivity index (χ3n) is 6.91. The first-order valence-electron chi connectivity index (χ1n) is 13.5. The fourth-order valence-corrected chi connectivity index (χ4v) is 4.67. The van der Waals surface area contributed by atoms with Crippen molar-refractivity contribution in [2.75, 3.05) is 141 Å². The number of rotatable bonds is 17. The van der Waals surface area contributed by atoms with Gasteiger partial charge < -0.3 is 33.3 Å². The van der Waals surface area contributed by atoms with E-state index in [0.29, 0.717) is 19.8 Å². The van der Waals surface area contributed by atoms with Crippen molar-refractivity contribution in [2.24, 2.45) is 0 Å². The van der Waals surface area contributed by atoms with E-state index >= 15 is 0 Å². The van der Waals surface area contributed by atoms with Gasteiger partial charge in [-0.15, -0.1) is 0 Å². The van der Waals surface area contributed by atoms with Crippen molar-refractivity contribution in [3.05, 3.63) is 0 Å². The zero-order chi connectivity index (χ0) is 26.6. The van der Waals surface area contributed by atoms with E-state index in [9.17, 15) is 0 Å². The van der Waals surface area contributed by atoms with Gasteiger partial charge in [-0.3, -0.25) is 14.7 Å². The fraction of sp³-hybridized carbons (Fsp3) is 1.00. The van der Waals surface area contributed by atoms with Crippen LogP contribution in [0.1, 0.15) is 13.3 Å². The van der Waals surface area contributed by atoms with Crippen molar-refractivity contribution in [3.63, 3.8) is 0 Å². The zero-order valence-corrected chi connectivity index (χ0v) is 24.3. The molecule has 1 heterocycles. The van der Waals surface area contributed by atoms with Gasteiger partial charge in [0.15, 0.2) is 0 Å². The number of nitrogens with zero attached hydrogens (tertiary/aromatic N) is 4. The fourth-order valence-electron chi connectivity index (χ4n) is 4.67. The average molecular weight is 521 g/mol. The molecule has 0 N–H and O–H groups in total. The molecule has 1 aliphatic heterocycles. The van der Waals surface area contributed by atoms with E-state index in [1.807, 2.05) is 0 Å². The van der Waals surface area contributed by atoms with E-state index in [-0.39, 0.29) is 18.3 Å². The third-order valence-corrected chi connectivity index (χ3v) is 6.91. The van der Waals surface area contributed by atoms with Gasteiger partial charge in [-0.05, 0) is 13.0 Å². The molecular formula is C26H56N4O6. The molecule has 0 aromatic heterocycles. The molecule has 3 unspecified atom stereocenters. The second-order valence-electron chi connectivity index (χ2n) is 9.68. The largest absolute Gasteiger partial charge is 0.382 e. The van der Waals surface area contributed by atoms with Crippen LogP contribution in [0.4, 0.5) is 0 Å². The standard InChI is InChI=1S/C26H56N4O6/c1-8-9-27-10-12-28(18-24(34-5)21-31-2)14-16-30(20-26(36-7)23-33-4)17-15-29(13-11-27)19-25(35-6)22-32-3/h24-26H,8-23H2,1-7H3. The summed E-state index contributed by atoms with van der Waals surface area (Å²) in [5.74, 6) is 0. The van der Waals surface area contributed by atoms with Gasteiger partial charge in [0.2, 0.25) is 0 Å². The van der Waals surface area contributed by atoms with Gasteiger partial charge in [0.25, 0.3) is 0 Å². The van der Waals surface area contributed by atoms with Gasteiger partial charge in [-0.1, -0.05) is 6.92 Å². The monoisotopic (exact) mass is 520 g/mol. The normalized spacial score (nSPS) is 21.1. The van der Waals surface area contributed by atoms with Gasteiger partial charge in [-0.2, -0.15) is 0 Å². The number of hydrogen-bond donors (Lipinski definition) is 0. The van der Waals surface area contributed by atoms with E-state index in [4.69, 9.17) is 28.4 Å². The maximum atomic E-state index is 5.71. The molecule has 0 spiro atoms. The molecule has 0 saturated carbocycles. The molecule has 0 bridgehead atoms. The lowest BCUT2D eigenvalue weighted by atomic mass is 10.2. The maximum Gasteiger partial charge on any atom is 0.0931 e. The maximum absolute atomic E-state index is 5.71. The molecule has 0 radical (unpaired) electrons. The number of methoxy groups -OCH3 is 6. The minimum atomic E-state index is 0.0466. The molecule has 1 rings (SSSR count). The summed E-state index contributed by atoms with van der Waals surface area (Å²) in [6, 6.07) is 0. The molecule has 0 aromatic carbocycles. The smallest absolute Gasteiger partial charge is 0.0931 e. The van der Waals surface area contributed by atoms with Crippen molar-refractivity contribution in [1.29, 1.82) is 0 Å². The van der Waals surface area contributed by atoms with Crippen LogP contribution in [0.2, 0.25) is 0 Å². The Morgan fingerprint density at radius 2 is 0.750 bits per heavy atom. The summed E-state index contributed by atoms with van der Waals surface area (Å²) >= 11 is 0. The number of ether oxygens (including phenoxy) is 6. The van der Waals surface area contributed by atoms with Crippen LogP contribution >= 0.6 is 0 Å². The van der Waals surface area contributed by atoms with E-state index in [0.717, 1.165) is 85.0 Å². The zero-order valence-electron chi connectivity index (χ0n) is 24.3. The molecule has 0 aromatic rings. The van der Waals surface area contributed by atoms with Crippen molar-refractivity contribution >= 4 is 0 Å². The lowest BCUT2D eigenvalue weighted by Gasteiger charge is -2.36. The van der Waals surface area contributed by atoms with Crippen LogP contribution in [0.15, 0.2) is 0 Å². The topological polar surface area (TPSA) is 68.3 Å². The first kappa shape index (κ1) is 33.6. The van der Waals surface area contributed by atoms with Crippen LogP contribution < -0.4 is 0 Å². The predicted molar refractivity (Wildman–Crippen MR) is 144 cm³/mol. The third kappa shape index (κ3) is 14.5. The molecule has 1 saturated heterocycles. The molecule has 0 amide bonds. The van der Waals surface area contributed by atoms with Crippen LogP contribution in [-0.2, 0) is 28.4 Å². The van der Waals surface area contributed by atoms with Gasteiger partial charge in [-0.25, -0.2) is 0 Å². The quantitative estimate of drug-likeness (QED) is 0.272. The summed E-state index contributed by atoms with van der Waals surface area (Å²) in [7, 11) is 10.5. The summed E-state index contributed by atoms with van der Waals surface area (Å²) in [5.41, 5.74) is 0. The van der Waals surface area contributed by atoms with Gasteiger partial charge in [0.05, 0.1) is 38.1 Å². The van der Waals surface area contributed by atoms with Crippen LogP contribution in [0.3, 0.4) is 0 Å². The summed E-state index contributed by atoms with van der Waals surface area (Å²) in [6.45, 7) is 15.7. The minimum Gasteiger partial charge on any atom is -0.382 e. The highest BCUT2D eigenvalue weighted by molar-refractivity contribution is 4.77. The van der Waals surface area contributed by atoms with E-state index < -0.39 is 0 Å². The summed E-state index contributed by atoms with van der Waals surface area (Å²) in [5, 5.41) is 0. The Morgan fingerprint density at radius 1 is 0.472 bits per heavy atom. The molecule has 10 nitrogen and oxygen atoms in total. The van der Waals surface area contributed by atoms with Crippen LogP contribution in [-0.4, -0.2) is 179 Å². The van der Waals surface area contributed by atoms with E-state index in [1.165, 1.54) is 0 Å². The molecule has 3 atom stereocenters. The molecule has 1 aliphatic rings. The Kier molecular flexibility index (Phi) is 20.1. The van der Waals surface area contributed by atoms with E-state index in [1.54, 1.807) is 42.7 Å². The van der Waals surface area contributed by atoms with Gasteiger partial charge in [0, 0.05) is 115 Å². The van der Waals surface area contributed by atoms with E-state index in [2.05, 4.69) is 26.5 Å². The number of hydrogen-bond acceptors (Lipinski definition) is 10. The average Bonchev–Trinajstić information content (AvgIpc) is 2.88. The van der Waals surface area contributed by atoms with Crippen molar-refractivity contribution < 1.29 is 28.4 Å². The SMILES string of the molecule is CCCN1CCN(CC(COC)OC)CCN(CC(COC)OC)CCN(CC(COC)OC)CC1. The van der Waals surface area contributed by atoms with Crippen molar-refractivity contribution in [3.8, 4) is 0 Å². The Labute approximate surface area is 221 Å². The first-order chi connectivity index (χ1) is 17.5. The predicted octanol–water partition coefficient (Wildman–Crippen LogP) is 0.602. The summed E-state index contributed by atoms with van der Waals surface area (Å²) in [4.78, 5) is 10.2. The van der Waals surface area contributed by atoms with Crippen LogP contribution in [0.5, 0.6) is 0 Å². The molecular weight excluding hydrogens is 464 g/mol. The second kappa shape index (κ2) is 21.5. The lowest BCUT2D eigenvalue weighted by Crippen LogP contribution is -2.50. The molecule has 1 fully saturated rings. The highest BCUT2D eigenvalue weighted by atomic mass is 16.5. The van der Waals surface area contributed by atoms with Gasteiger partial charge >= 0.3 is 0 Å². The summed E-state index contributed by atoms with van der Waals surface area (Å²) in [6.07, 6.45) is 1.34. The minimum absolute atomic E-state index is 0.0466.